The fourth-order valence-electron chi connectivity index (χ4n) is 2.66. The second-order valence-corrected chi connectivity index (χ2v) is 6.89. The number of nitriles is 1. The number of hydrogen-bond acceptors (Lipinski definition) is 3. The summed E-state index contributed by atoms with van der Waals surface area (Å²) in [4.78, 5) is 16.9. The largest absolute Gasteiger partial charge is 0.321 e. The Bertz CT molecular complexity index is 1130. The van der Waals surface area contributed by atoms with Gasteiger partial charge in [0.25, 0.3) is 5.91 Å². The van der Waals surface area contributed by atoms with E-state index in [4.69, 9.17) is 23.2 Å². The van der Waals surface area contributed by atoms with E-state index >= 15 is 0 Å². The first-order valence-electron chi connectivity index (χ1n) is 8.14. The lowest BCUT2D eigenvalue weighted by Crippen LogP contribution is -2.14. The Morgan fingerprint density at radius 3 is 2.67 bits per heavy atom. The molecule has 2 aromatic carbocycles. The van der Waals surface area contributed by atoms with E-state index in [1.165, 1.54) is 6.08 Å². The Morgan fingerprint density at radius 2 is 1.93 bits per heavy atom. The lowest BCUT2D eigenvalue weighted by Gasteiger charge is -2.09. The number of nitrogens with one attached hydrogen (secondary N) is 1. The van der Waals surface area contributed by atoms with Crippen LogP contribution < -0.4 is 5.32 Å². The lowest BCUT2D eigenvalue weighted by atomic mass is 10.1. The van der Waals surface area contributed by atoms with Crippen LogP contribution in [0.2, 0.25) is 10.2 Å². The van der Waals surface area contributed by atoms with Gasteiger partial charge >= 0.3 is 0 Å². The van der Waals surface area contributed by atoms with Gasteiger partial charge in [-0.15, -0.1) is 0 Å². The molecule has 1 N–H and O–H groups in total. The number of pyridine rings is 1. The Balaban J connectivity index is 1.98. The molecule has 0 aliphatic carbocycles. The number of fused-ring (bicyclic) bond motifs is 1. The molecule has 0 saturated carbocycles. The van der Waals surface area contributed by atoms with Crippen LogP contribution in [-0.2, 0) is 4.79 Å². The van der Waals surface area contributed by atoms with E-state index in [0.29, 0.717) is 16.3 Å². The van der Waals surface area contributed by atoms with Crippen molar-refractivity contribution in [3.05, 3.63) is 74.9 Å². The highest BCUT2D eigenvalue weighted by atomic mass is 35.5. The second kappa shape index (κ2) is 7.79. The molecule has 4 nitrogen and oxygen atoms in total. The number of carbonyl (C=O) groups is 1. The van der Waals surface area contributed by atoms with Crippen LogP contribution in [0.25, 0.3) is 17.0 Å². The molecule has 0 radical (unpaired) electrons. The molecule has 3 aromatic rings. The third-order valence-corrected chi connectivity index (χ3v) is 4.68. The summed E-state index contributed by atoms with van der Waals surface area (Å²) in [7, 11) is 0. The van der Waals surface area contributed by atoms with E-state index in [1.807, 2.05) is 44.2 Å². The third kappa shape index (κ3) is 4.11. The van der Waals surface area contributed by atoms with Crippen LogP contribution in [0.3, 0.4) is 0 Å². The molecule has 0 fully saturated rings. The summed E-state index contributed by atoms with van der Waals surface area (Å²) in [6, 6.07) is 14.7. The second-order valence-electron chi connectivity index (χ2n) is 6.10. The molecule has 0 bridgehead atoms. The Kier molecular flexibility index (Phi) is 5.46. The number of para-hydroxylation sites is 1. The van der Waals surface area contributed by atoms with Crippen molar-refractivity contribution in [2.45, 2.75) is 13.8 Å². The minimum absolute atomic E-state index is 0.0786. The van der Waals surface area contributed by atoms with Crippen LogP contribution in [0.15, 0.2) is 48.0 Å². The average Bonchev–Trinajstić information content (AvgIpc) is 2.63. The molecule has 3 rings (SSSR count). The van der Waals surface area contributed by atoms with Gasteiger partial charge in [-0.2, -0.15) is 5.26 Å². The minimum Gasteiger partial charge on any atom is -0.321 e. The quantitative estimate of drug-likeness (QED) is 0.351. The number of hydrogen-bond donors (Lipinski definition) is 1. The highest BCUT2D eigenvalue weighted by molar-refractivity contribution is 6.32. The van der Waals surface area contributed by atoms with Gasteiger partial charge in [0.05, 0.1) is 5.52 Å². The van der Waals surface area contributed by atoms with Crippen LogP contribution >= 0.6 is 23.2 Å². The number of anilines is 1. The van der Waals surface area contributed by atoms with E-state index in [1.54, 1.807) is 18.2 Å². The highest BCUT2D eigenvalue weighted by Crippen LogP contribution is 2.25. The van der Waals surface area contributed by atoms with E-state index in [9.17, 15) is 10.1 Å². The fraction of sp³-hybridized carbons (Fsp3) is 0.0952. The zero-order valence-electron chi connectivity index (χ0n) is 14.7. The summed E-state index contributed by atoms with van der Waals surface area (Å²) in [5.74, 6) is -0.539. The maximum absolute atomic E-state index is 12.5. The Labute approximate surface area is 167 Å². The molecule has 0 unspecified atom stereocenters. The summed E-state index contributed by atoms with van der Waals surface area (Å²) in [5, 5.41) is 13.8. The standard InChI is InChI=1S/C21H15Cl2N3O/c1-12-6-7-17(22)10-18(12)25-21(27)16(11-24)9-15-8-14-5-3-4-13(2)19(14)26-20(15)23/h3-10H,1-2H3,(H,25,27)/b16-9+. The van der Waals surface area contributed by atoms with Gasteiger partial charge in [-0.3, -0.25) is 4.79 Å². The molecule has 6 heteroatoms. The topological polar surface area (TPSA) is 65.8 Å². The van der Waals surface area contributed by atoms with Gasteiger partial charge in [-0.1, -0.05) is 47.5 Å². The smallest absolute Gasteiger partial charge is 0.266 e. The van der Waals surface area contributed by atoms with Crippen LogP contribution in [0, 0.1) is 25.2 Å². The molecule has 134 valence electrons. The molecule has 1 heterocycles. The molecule has 0 aliphatic heterocycles. The van der Waals surface area contributed by atoms with Gasteiger partial charge < -0.3 is 5.32 Å². The molecular formula is C21H15Cl2N3O. The first-order valence-corrected chi connectivity index (χ1v) is 8.90. The van der Waals surface area contributed by atoms with Crippen molar-refractivity contribution in [1.29, 1.82) is 5.26 Å². The van der Waals surface area contributed by atoms with E-state index in [-0.39, 0.29) is 10.7 Å². The lowest BCUT2D eigenvalue weighted by molar-refractivity contribution is -0.112. The van der Waals surface area contributed by atoms with Crippen molar-refractivity contribution < 1.29 is 4.79 Å². The summed E-state index contributed by atoms with van der Waals surface area (Å²) in [6.07, 6.45) is 1.44. The van der Waals surface area contributed by atoms with Gasteiger partial charge in [0, 0.05) is 21.7 Å². The van der Waals surface area contributed by atoms with Gasteiger partial charge in [-0.25, -0.2) is 4.98 Å². The normalized spacial score (nSPS) is 11.3. The van der Waals surface area contributed by atoms with Crippen molar-refractivity contribution in [3.8, 4) is 6.07 Å². The van der Waals surface area contributed by atoms with Crippen LogP contribution in [-0.4, -0.2) is 10.9 Å². The van der Waals surface area contributed by atoms with Gasteiger partial charge in [0.15, 0.2) is 0 Å². The number of carbonyl (C=O) groups excluding carboxylic acids is 1. The zero-order valence-corrected chi connectivity index (χ0v) is 16.2. The number of aromatic nitrogens is 1. The van der Waals surface area contributed by atoms with E-state index in [0.717, 1.165) is 22.0 Å². The van der Waals surface area contributed by atoms with Crippen LogP contribution in [0.1, 0.15) is 16.7 Å². The summed E-state index contributed by atoms with van der Waals surface area (Å²) in [5.41, 5.74) is 3.60. The van der Waals surface area contributed by atoms with Gasteiger partial charge in [0.1, 0.15) is 16.8 Å². The predicted octanol–water partition coefficient (Wildman–Crippen LogP) is 5.70. The molecule has 0 atom stereocenters. The summed E-state index contributed by atoms with van der Waals surface area (Å²) < 4.78 is 0. The van der Waals surface area contributed by atoms with Crippen molar-refractivity contribution in [2.75, 3.05) is 5.32 Å². The van der Waals surface area contributed by atoms with Crippen LogP contribution in [0.5, 0.6) is 0 Å². The van der Waals surface area contributed by atoms with Crippen molar-refractivity contribution in [1.82, 2.24) is 4.98 Å². The first kappa shape index (κ1) is 18.9. The van der Waals surface area contributed by atoms with Crippen LogP contribution in [0.4, 0.5) is 5.69 Å². The highest BCUT2D eigenvalue weighted by Gasteiger charge is 2.13. The predicted molar refractivity (Wildman–Crippen MR) is 110 cm³/mol. The molecule has 0 saturated heterocycles. The molecule has 1 amide bonds. The molecule has 0 spiro atoms. The SMILES string of the molecule is Cc1ccc(Cl)cc1NC(=O)/C(C#N)=C/c1cc2cccc(C)c2nc1Cl. The Hall–Kier alpha value is -2.87. The third-order valence-electron chi connectivity index (χ3n) is 4.14. The summed E-state index contributed by atoms with van der Waals surface area (Å²) >= 11 is 12.2. The van der Waals surface area contributed by atoms with Crippen molar-refractivity contribution >= 4 is 51.8 Å². The average molecular weight is 396 g/mol. The maximum atomic E-state index is 12.5. The van der Waals surface area contributed by atoms with Crippen molar-refractivity contribution in [2.24, 2.45) is 0 Å². The Morgan fingerprint density at radius 1 is 1.15 bits per heavy atom. The number of nitrogens with zero attached hydrogens (tertiary/aromatic N) is 2. The first-order chi connectivity index (χ1) is 12.9. The molecule has 0 aliphatic rings. The van der Waals surface area contributed by atoms with Gasteiger partial charge in [0.2, 0.25) is 0 Å². The number of aryl methyl sites for hydroxylation is 2. The van der Waals surface area contributed by atoms with E-state index in [2.05, 4.69) is 10.3 Å². The molecular weight excluding hydrogens is 381 g/mol. The maximum Gasteiger partial charge on any atom is 0.266 e. The molecule has 1 aromatic heterocycles. The van der Waals surface area contributed by atoms with Crippen molar-refractivity contribution in [3.63, 3.8) is 0 Å². The van der Waals surface area contributed by atoms with E-state index < -0.39 is 5.91 Å². The fourth-order valence-corrected chi connectivity index (χ4v) is 3.03. The minimum atomic E-state index is -0.539. The van der Waals surface area contributed by atoms with Gasteiger partial charge in [-0.05, 0) is 49.2 Å². The number of rotatable bonds is 3. The number of amides is 1. The molecule has 27 heavy (non-hydrogen) atoms. The zero-order chi connectivity index (χ0) is 19.6. The number of halogens is 2. The summed E-state index contributed by atoms with van der Waals surface area (Å²) in [6.45, 7) is 3.79. The number of benzene rings is 2. The monoisotopic (exact) mass is 395 g/mol.